The molecule has 7 heteroatoms. The molecule has 0 aromatic heterocycles. The van der Waals surface area contributed by atoms with Crippen molar-refractivity contribution in [1.29, 1.82) is 0 Å². The van der Waals surface area contributed by atoms with E-state index in [-0.39, 0.29) is 6.04 Å². The van der Waals surface area contributed by atoms with E-state index in [9.17, 15) is 8.42 Å². The summed E-state index contributed by atoms with van der Waals surface area (Å²) >= 11 is 0. The minimum absolute atomic E-state index is 0.191. The van der Waals surface area contributed by atoms with E-state index in [0.29, 0.717) is 25.0 Å². The molecule has 1 aromatic rings. The van der Waals surface area contributed by atoms with Gasteiger partial charge >= 0.3 is 0 Å². The van der Waals surface area contributed by atoms with E-state index in [1.807, 2.05) is 18.2 Å². The van der Waals surface area contributed by atoms with Crippen LogP contribution in [-0.2, 0) is 10.0 Å². The summed E-state index contributed by atoms with van der Waals surface area (Å²) in [5, 5.41) is 6.42. The summed E-state index contributed by atoms with van der Waals surface area (Å²) in [6, 6.07) is 10.5. The van der Waals surface area contributed by atoms with Crippen LogP contribution >= 0.6 is 0 Å². The summed E-state index contributed by atoms with van der Waals surface area (Å²) in [6.07, 6.45) is 1.14. The molecule has 1 aromatic carbocycles. The van der Waals surface area contributed by atoms with Crippen LogP contribution in [0.3, 0.4) is 0 Å². The summed E-state index contributed by atoms with van der Waals surface area (Å²) in [4.78, 5) is 4.16. The number of benzene rings is 1. The van der Waals surface area contributed by atoms with E-state index in [4.69, 9.17) is 0 Å². The molecule has 2 unspecified atom stereocenters. The molecule has 0 amide bonds. The molecule has 124 valence electrons. The number of sulfonamides is 1. The van der Waals surface area contributed by atoms with E-state index >= 15 is 0 Å². The molecule has 0 aliphatic carbocycles. The van der Waals surface area contributed by atoms with E-state index in [0.717, 1.165) is 6.26 Å². The molecule has 0 radical (unpaired) electrons. The SMILES string of the molecule is CN=C(NCCNS(C)(=O)=O)NC(C)C(C)c1ccccc1. The molecule has 0 saturated heterocycles. The number of hydrogen-bond acceptors (Lipinski definition) is 3. The third-order valence-corrected chi connectivity index (χ3v) is 4.17. The van der Waals surface area contributed by atoms with E-state index in [2.05, 4.69) is 46.3 Å². The lowest BCUT2D eigenvalue weighted by Crippen LogP contribution is -2.46. The fourth-order valence-electron chi connectivity index (χ4n) is 2.00. The van der Waals surface area contributed by atoms with Crippen LogP contribution in [0.1, 0.15) is 25.3 Å². The lowest BCUT2D eigenvalue weighted by Gasteiger charge is -2.24. The topological polar surface area (TPSA) is 82.6 Å². The number of guanidine groups is 1. The quantitative estimate of drug-likeness (QED) is 0.395. The van der Waals surface area contributed by atoms with E-state index in [1.54, 1.807) is 7.05 Å². The van der Waals surface area contributed by atoms with Crippen LogP contribution in [0.25, 0.3) is 0 Å². The predicted octanol–water partition coefficient (Wildman–Crippen LogP) is 0.893. The Hall–Kier alpha value is -1.60. The maximum absolute atomic E-state index is 11.0. The van der Waals surface area contributed by atoms with Crippen molar-refractivity contribution in [2.45, 2.75) is 25.8 Å². The van der Waals surface area contributed by atoms with Crippen LogP contribution in [0.4, 0.5) is 0 Å². The molecule has 0 heterocycles. The standard InChI is InChI=1S/C15H26N4O2S/c1-12(14-8-6-5-7-9-14)13(2)19-15(16-3)17-10-11-18-22(4,20)21/h5-9,12-13,18H,10-11H2,1-4H3,(H2,16,17,19). The largest absolute Gasteiger partial charge is 0.355 e. The molecular weight excluding hydrogens is 300 g/mol. The Bertz CT molecular complexity index is 572. The van der Waals surface area contributed by atoms with Crippen molar-refractivity contribution in [3.05, 3.63) is 35.9 Å². The second kappa shape index (κ2) is 8.75. The van der Waals surface area contributed by atoms with Gasteiger partial charge in [0.15, 0.2) is 5.96 Å². The highest BCUT2D eigenvalue weighted by Crippen LogP contribution is 2.18. The monoisotopic (exact) mass is 326 g/mol. The van der Waals surface area contributed by atoms with Gasteiger partial charge in [0.1, 0.15) is 0 Å². The van der Waals surface area contributed by atoms with Gasteiger partial charge in [-0.3, -0.25) is 4.99 Å². The van der Waals surface area contributed by atoms with Gasteiger partial charge in [-0.1, -0.05) is 37.3 Å². The average Bonchev–Trinajstić information content (AvgIpc) is 2.49. The molecule has 0 fully saturated rings. The van der Waals surface area contributed by atoms with Gasteiger partial charge in [0.05, 0.1) is 6.26 Å². The van der Waals surface area contributed by atoms with Gasteiger partial charge in [0.2, 0.25) is 10.0 Å². The Morgan fingerprint density at radius 2 is 1.82 bits per heavy atom. The Balaban J connectivity index is 2.45. The summed E-state index contributed by atoms with van der Waals surface area (Å²) in [5.41, 5.74) is 1.26. The van der Waals surface area contributed by atoms with Gasteiger partial charge in [0.25, 0.3) is 0 Å². The van der Waals surface area contributed by atoms with Crippen molar-refractivity contribution < 1.29 is 8.42 Å². The van der Waals surface area contributed by atoms with Crippen molar-refractivity contribution in [3.8, 4) is 0 Å². The normalized spacial score (nSPS) is 15.2. The third kappa shape index (κ3) is 6.91. The number of hydrogen-bond donors (Lipinski definition) is 3. The van der Waals surface area contributed by atoms with E-state index in [1.165, 1.54) is 5.56 Å². The summed E-state index contributed by atoms with van der Waals surface area (Å²) < 4.78 is 24.4. The molecule has 0 bridgehead atoms. The minimum atomic E-state index is -3.15. The van der Waals surface area contributed by atoms with Crippen LogP contribution in [-0.4, -0.2) is 46.8 Å². The van der Waals surface area contributed by atoms with Gasteiger partial charge in [-0.25, -0.2) is 13.1 Å². The highest BCUT2D eigenvalue weighted by molar-refractivity contribution is 7.88. The van der Waals surface area contributed by atoms with Gasteiger partial charge in [0, 0.05) is 32.1 Å². The zero-order valence-corrected chi connectivity index (χ0v) is 14.4. The number of nitrogens with zero attached hydrogens (tertiary/aromatic N) is 1. The maximum Gasteiger partial charge on any atom is 0.208 e. The van der Waals surface area contributed by atoms with Gasteiger partial charge in [-0.2, -0.15) is 0 Å². The molecule has 0 aliphatic rings. The molecular formula is C15H26N4O2S. The van der Waals surface area contributed by atoms with Crippen LogP contribution in [0.2, 0.25) is 0 Å². The zero-order valence-electron chi connectivity index (χ0n) is 13.6. The summed E-state index contributed by atoms with van der Waals surface area (Å²) in [5.74, 6) is 0.986. The Morgan fingerprint density at radius 3 is 2.36 bits per heavy atom. The average molecular weight is 326 g/mol. The first kappa shape index (κ1) is 18.4. The predicted molar refractivity (Wildman–Crippen MR) is 91.7 cm³/mol. The van der Waals surface area contributed by atoms with Crippen LogP contribution in [0.15, 0.2) is 35.3 Å². The first-order valence-electron chi connectivity index (χ1n) is 7.30. The lowest BCUT2D eigenvalue weighted by atomic mass is 9.94. The summed E-state index contributed by atoms with van der Waals surface area (Å²) in [6.45, 7) is 5.05. The Morgan fingerprint density at radius 1 is 1.18 bits per heavy atom. The van der Waals surface area contributed by atoms with Gasteiger partial charge in [-0.15, -0.1) is 0 Å². The van der Waals surface area contributed by atoms with Crippen molar-refractivity contribution >= 4 is 16.0 Å². The first-order chi connectivity index (χ1) is 10.3. The number of aliphatic imine (C=N–C) groups is 1. The highest BCUT2D eigenvalue weighted by Gasteiger charge is 2.15. The van der Waals surface area contributed by atoms with Crippen LogP contribution < -0.4 is 15.4 Å². The van der Waals surface area contributed by atoms with Crippen molar-refractivity contribution in [2.75, 3.05) is 26.4 Å². The second-order valence-corrected chi connectivity index (χ2v) is 7.13. The highest BCUT2D eigenvalue weighted by atomic mass is 32.2. The van der Waals surface area contributed by atoms with Crippen LogP contribution in [0, 0.1) is 0 Å². The fraction of sp³-hybridized carbons (Fsp3) is 0.533. The molecule has 0 spiro atoms. The second-order valence-electron chi connectivity index (χ2n) is 5.30. The van der Waals surface area contributed by atoms with Crippen LogP contribution in [0.5, 0.6) is 0 Å². The van der Waals surface area contributed by atoms with Gasteiger partial charge in [-0.05, 0) is 12.5 Å². The number of nitrogens with one attached hydrogen (secondary N) is 3. The number of rotatable bonds is 7. The summed E-state index contributed by atoms with van der Waals surface area (Å²) in [7, 11) is -1.46. The van der Waals surface area contributed by atoms with E-state index < -0.39 is 10.0 Å². The molecule has 0 saturated carbocycles. The van der Waals surface area contributed by atoms with Crippen molar-refractivity contribution in [3.63, 3.8) is 0 Å². The Labute approximate surface area is 133 Å². The van der Waals surface area contributed by atoms with Crippen molar-refractivity contribution in [1.82, 2.24) is 15.4 Å². The fourth-order valence-corrected chi connectivity index (χ4v) is 2.47. The maximum atomic E-state index is 11.0. The zero-order chi connectivity index (χ0) is 16.6. The molecule has 2 atom stereocenters. The molecule has 22 heavy (non-hydrogen) atoms. The van der Waals surface area contributed by atoms with Gasteiger partial charge < -0.3 is 10.6 Å². The smallest absolute Gasteiger partial charge is 0.208 e. The third-order valence-electron chi connectivity index (χ3n) is 3.45. The molecule has 0 aliphatic heterocycles. The minimum Gasteiger partial charge on any atom is -0.355 e. The van der Waals surface area contributed by atoms with Crippen molar-refractivity contribution in [2.24, 2.45) is 4.99 Å². The first-order valence-corrected chi connectivity index (χ1v) is 9.19. The lowest BCUT2D eigenvalue weighted by molar-refractivity contribution is 0.549. The Kier molecular flexibility index (Phi) is 7.34. The molecule has 1 rings (SSSR count). The molecule has 6 nitrogen and oxygen atoms in total. The molecule has 3 N–H and O–H groups in total.